The molecule has 0 unspecified atom stereocenters. The van der Waals surface area contributed by atoms with Crippen LogP contribution >= 0.6 is 0 Å². The molecule has 0 radical (unpaired) electrons. The second-order valence-electron chi connectivity index (χ2n) is 7.84. The standard InChI is InChI=1S/C24H28N2O3S/c1-16(2)13-14-25-23(27)19-7-9-20(10-8-19)24-26-22(18(4)29-24)15-30(28)21-11-5-17(3)6-12-21/h5-12,16H,13-15H2,1-4H3,(H,25,27)/t30-/m1/s1. The molecule has 2 aromatic carbocycles. The van der Waals surface area contributed by atoms with Crippen molar-refractivity contribution in [2.24, 2.45) is 5.92 Å². The van der Waals surface area contributed by atoms with E-state index in [1.54, 1.807) is 12.1 Å². The van der Waals surface area contributed by atoms with Gasteiger partial charge in [-0.25, -0.2) is 4.98 Å². The highest BCUT2D eigenvalue weighted by atomic mass is 32.2. The van der Waals surface area contributed by atoms with Crippen molar-refractivity contribution in [2.45, 2.75) is 44.8 Å². The number of oxazole rings is 1. The van der Waals surface area contributed by atoms with E-state index in [1.807, 2.05) is 50.2 Å². The minimum atomic E-state index is -1.19. The lowest BCUT2D eigenvalue weighted by Gasteiger charge is -2.07. The van der Waals surface area contributed by atoms with Crippen LogP contribution in [0.25, 0.3) is 11.5 Å². The average molecular weight is 425 g/mol. The van der Waals surface area contributed by atoms with Crippen LogP contribution in [-0.2, 0) is 16.6 Å². The molecule has 0 aliphatic heterocycles. The van der Waals surface area contributed by atoms with Crippen LogP contribution in [0.4, 0.5) is 0 Å². The number of hydrogen-bond acceptors (Lipinski definition) is 4. The third kappa shape index (κ3) is 5.66. The van der Waals surface area contributed by atoms with Crippen molar-refractivity contribution < 1.29 is 13.4 Å². The molecule has 0 spiro atoms. The fraction of sp³-hybridized carbons (Fsp3) is 0.333. The molecule has 0 bridgehead atoms. The number of aromatic nitrogens is 1. The summed E-state index contributed by atoms with van der Waals surface area (Å²) in [6, 6.07) is 14.9. The summed E-state index contributed by atoms with van der Waals surface area (Å²) >= 11 is 0. The highest BCUT2D eigenvalue weighted by Gasteiger charge is 2.15. The number of nitrogens with one attached hydrogen (secondary N) is 1. The number of benzene rings is 2. The van der Waals surface area contributed by atoms with Crippen LogP contribution in [0.15, 0.2) is 57.8 Å². The van der Waals surface area contributed by atoms with Crippen LogP contribution in [0.5, 0.6) is 0 Å². The van der Waals surface area contributed by atoms with Gasteiger partial charge in [-0.05, 0) is 62.6 Å². The highest BCUT2D eigenvalue weighted by Crippen LogP contribution is 2.24. The van der Waals surface area contributed by atoms with Gasteiger partial charge in [0.15, 0.2) is 0 Å². The molecule has 30 heavy (non-hydrogen) atoms. The molecule has 3 rings (SSSR count). The first-order valence-corrected chi connectivity index (χ1v) is 11.5. The van der Waals surface area contributed by atoms with Crippen molar-refractivity contribution in [2.75, 3.05) is 6.54 Å². The highest BCUT2D eigenvalue weighted by molar-refractivity contribution is 7.84. The Morgan fingerprint density at radius 3 is 2.37 bits per heavy atom. The SMILES string of the molecule is Cc1ccc([S@](=O)Cc2nc(-c3ccc(C(=O)NCCC(C)C)cc3)oc2C)cc1. The monoisotopic (exact) mass is 424 g/mol. The minimum Gasteiger partial charge on any atom is -0.441 e. The van der Waals surface area contributed by atoms with Gasteiger partial charge >= 0.3 is 0 Å². The van der Waals surface area contributed by atoms with Crippen LogP contribution in [0.1, 0.15) is 47.6 Å². The fourth-order valence-electron chi connectivity index (χ4n) is 2.92. The van der Waals surface area contributed by atoms with Crippen LogP contribution in [0.2, 0.25) is 0 Å². The number of carbonyl (C=O) groups is 1. The lowest BCUT2D eigenvalue weighted by Crippen LogP contribution is -2.25. The molecular weight excluding hydrogens is 396 g/mol. The van der Waals surface area contributed by atoms with Gasteiger partial charge in [-0.15, -0.1) is 0 Å². The molecule has 158 valence electrons. The molecule has 0 saturated carbocycles. The van der Waals surface area contributed by atoms with Crippen molar-refractivity contribution in [1.82, 2.24) is 10.3 Å². The molecule has 5 nitrogen and oxygen atoms in total. The quantitative estimate of drug-likeness (QED) is 0.550. The van der Waals surface area contributed by atoms with E-state index in [4.69, 9.17) is 4.42 Å². The number of amides is 1. The zero-order valence-electron chi connectivity index (χ0n) is 17.9. The van der Waals surface area contributed by atoms with Gasteiger partial charge in [-0.2, -0.15) is 0 Å². The van der Waals surface area contributed by atoms with Crippen molar-refractivity contribution >= 4 is 16.7 Å². The molecular formula is C24H28N2O3S. The van der Waals surface area contributed by atoms with Gasteiger partial charge < -0.3 is 9.73 Å². The minimum absolute atomic E-state index is 0.0834. The van der Waals surface area contributed by atoms with E-state index in [1.165, 1.54) is 0 Å². The number of carbonyl (C=O) groups excluding carboxylic acids is 1. The van der Waals surface area contributed by atoms with Crippen molar-refractivity contribution in [3.8, 4) is 11.5 Å². The predicted octanol–water partition coefficient (Wildman–Crippen LogP) is 5.04. The van der Waals surface area contributed by atoms with Gasteiger partial charge in [0.1, 0.15) is 5.76 Å². The molecule has 1 heterocycles. The largest absolute Gasteiger partial charge is 0.441 e. The maximum atomic E-state index is 12.7. The third-order valence-electron chi connectivity index (χ3n) is 4.85. The maximum absolute atomic E-state index is 12.7. The molecule has 0 saturated heterocycles. The molecule has 0 aliphatic rings. The van der Waals surface area contributed by atoms with E-state index in [-0.39, 0.29) is 5.91 Å². The molecule has 1 atom stereocenters. The van der Waals surface area contributed by atoms with Crippen LogP contribution in [-0.4, -0.2) is 21.6 Å². The Hall–Kier alpha value is -2.73. The molecule has 1 amide bonds. The first-order valence-electron chi connectivity index (χ1n) is 10.1. The summed E-state index contributed by atoms with van der Waals surface area (Å²) in [7, 11) is -1.19. The lowest BCUT2D eigenvalue weighted by molar-refractivity contribution is 0.0952. The smallest absolute Gasteiger partial charge is 0.251 e. The average Bonchev–Trinajstić information content (AvgIpc) is 3.08. The maximum Gasteiger partial charge on any atom is 0.251 e. The molecule has 6 heteroatoms. The number of hydrogen-bond donors (Lipinski definition) is 1. The number of rotatable bonds is 8. The van der Waals surface area contributed by atoms with Gasteiger partial charge in [0.2, 0.25) is 5.89 Å². The third-order valence-corrected chi connectivity index (χ3v) is 6.18. The zero-order valence-corrected chi connectivity index (χ0v) is 18.7. The van der Waals surface area contributed by atoms with E-state index >= 15 is 0 Å². The second kappa shape index (κ2) is 9.85. The van der Waals surface area contributed by atoms with Crippen LogP contribution < -0.4 is 5.32 Å². The summed E-state index contributed by atoms with van der Waals surface area (Å²) in [6.07, 6.45) is 0.951. The van der Waals surface area contributed by atoms with E-state index < -0.39 is 10.8 Å². The summed E-state index contributed by atoms with van der Waals surface area (Å²) < 4.78 is 18.5. The van der Waals surface area contributed by atoms with Gasteiger partial charge in [-0.3, -0.25) is 9.00 Å². The van der Waals surface area contributed by atoms with E-state index in [9.17, 15) is 9.00 Å². The molecule has 0 fully saturated rings. The number of aryl methyl sites for hydroxylation is 2. The van der Waals surface area contributed by atoms with Crippen molar-refractivity contribution in [1.29, 1.82) is 0 Å². The molecule has 1 aromatic heterocycles. The predicted molar refractivity (Wildman–Crippen MR) is 120 cm³/mol. The Morgan fingerprint density at radius 2 is 1.73 bits per heavy atom. The Morgan fingerprint density at radius 1 is 1.07 bits per heavy atom. The fourth-order valence-corrected chi connectivity index (χ4v) is 4.05. The molecule has 1 N–H and O–H groups in total. The normalized spacial score (nSPS) is 12.2. The number of nitrogens with zero attached hydrogens (tertiary/aromatic N) is 1. The molecule has 0 aliphatic carbocycles. The second-order valence-corrected chi connectivity index (χ2v) is 9.29. The Labute approximate surface area is 180 Å². The Bertz CT molecular complexity index is 1020. The van der Waals surface area contributed by atoms with E-state index in [0.29, 0.717) is 41.1 Å². The summed E-state index contributed by atoms with van der Waals surface area (Å²) in [5.74, 6) is 1.89. The van der Waals surface area contributed by atoms with Crippen molar-refractivity contribution in [3.63, 3.8) is 0 Å². The summed E-state index contributed by atoms with van der Waals surface area (Å²) in [5, 5.41) is 2.93. The lowest BCUT2D eigenvalue weighted by atomic mass is 10.1. The van der Waals surface area contributed by atoms with Crippen LogP contribution in [0.3, 0.4) is 0 Å². The summed E-state index contributed by atoms with van der Waals surface area (Å²) in [6.45, 7) is 8.75. The van der Waals surface area contributed by atoms with E-state index in [0.717, 1.165) is 22.4 Å². The topological polar surface area (TPSA) is 72.2 Å². The Balaban J connectivity index is 1.67. The van der Waals surface area contributed by atoms with E-state index in [2.05, 4.69) is 24.1 Å². The van der Waals surface area contributed by atoms with Crippen LogP contribution in [0, 0.1) is 19.8 Å². The Kier molecular flexibility index (Phi) is 7.21. The van der Waals surface area contributed by atoms with Gasteiger partial charge in [0.25, 0.3) is 5.91 Å². The van der Waals surface area contributed by atoms with Crippen molar-refractivity contribution in [3.05, 3.63) is 71.1 Å². The van der Waals surface area contributed by atoms with Gasteiger partial charge in [0.05, 0.1) is 22.2 Å². The molecule has 3 aromatic rings. The summed E-state index contributed by atoms with van der Waals surface area (Å²) in [4.78, 5) is 17.5. The first kappa shape index (κ1) is 22.0. The van der Waals surface area contributed by atoms with Gasteiger partial charge in [0, 0.05) is 22.6 Å². The zero-order chi connectivity index (χ0) is 21.7. The first-order chi connectivity index (χ1) is 14.3. The summed E-state index contributed by atoms with van der Waals surface area (Å²) in [5.41, 5.74) is 3.20. The van der Waals surface area contributed by atoms with Gasteiger partial charge in [-0.1, -0.05) is 31.5 Å².